The lowest BCUT2D eigenvalue weighted by Crippen LogP contribution is -2.27. The largest absolute Gasteiger partial charge is 0.390 e. The molecule has 0 saturated carbocycles. The molecule has 0 radical (unpaired) electrons. The Kier molecular flexibility index (Phi) is 7.34. The van der Waals surface area contributed by atoms with Crippen LogP contribution >= 0.6 is 22.9 Å². The van der Waals surface area contributed by atoms with Gasteiger partial charge < -0.3 is 10.5 Å². The molecule has 1 atom stereocenters. The van der Waals surface area contributed by atoms with Gasteiger partial charge in [0.25, 0.3) is 0 Å². The van der Waals surface area contributed by atoms with E-state index in [9.17, 15) is 21.6 Å². The molecular formula is C21H21ClF3N5O3S2. The zero-order valence-electron chi connectivity index (χ0n) is 18.1. The Morgan fingerprint density at radius 3 is 2.54 bits per heavy atom. The lowest BCUT2D eigenvalue weighted by molar-refractivity contribution is -0.134. The fraction of sp³-hybridized carbons (Fsp3) is 0.381. The van der Waals surface area contributed by atoms with Crippen molar-refractivity contribution in [3.63, 3.8) is 0 Å². The van der Waals surface area contributed by atoms with E-state index >= 15 is 0 Å². The van der Waals surface area contributed by atoms with Gasteiger partial charge in [-0.2, -0.15) is 13.2 Å². The summed E-state index contributed by atoms with van der Waals surface area (Å²) in [6.07, 6.45) is -3.46. The van der Waals surface area contributed by atoms with Gasteiger partial charge in [-0.05, 0) is 24.5 Å². The van der Waals surface area contributed by atoms with E-state index in [0.29, 0.717) is 29.5 Å². The number of aromatic nitrogens is 3. The third kappa shape index (κ3) is 5.92. The summed E-state index contributed by atoms with van der Waals surface area (Å²) in [5, 5.41) is 3.71. The highest BCUT2D eigenvalue weighted by molar-refractivity contribution is 7.89. The van der Waals surface area contributed by atoms with E-state index in [4.69, 9.17) is 32.2 Å². The van der Waals surface area contributed by atoms with Gasteiger partial charge in [-0.1, -0.05) is 29.8 Å². The molecule has 1 aliphatic heterocycles. The molecule has 188 valence electrons. The summed E-state index contributed by atoms with van der Waals surface area (Å²) in [5.41, 5.74) is 6.60. The number of ether oxygens (including phenoxy) is 1. The first-order chi connectivity index (χ1) is 16.4. The predicted molar refractivity (Wildman–Crippen MR) is 127 cm³/mol. The van der Waals surface area contributed by atoms with E-state index in [0.717, 1.165) is 17.8 Å². The topological polar surface area (TPSA) is 134 Å². The molecule has 0 amide bonds. The summed E-state index contributed by atoms with van der Waals surface area (Å²) >= 11 is 7.93. The van der Waals surface area contributed by atoms with E-state index in [-0.39, 0.29) is 28.0 Å². The van der Waals surface area contributed by atoms with Crippen molar-refractivity contribution in [2.45, 2.75) is 36.6 Å². The second-order valence-electron chi connectivity index (χ2n) is 8.02. The van der Waals surface area contributed by atoms with Crippen molar-refractivity contribution in [1.29, 1.82) is 0 Å². The molecular weight excluding hydrogens is 527 g/mol. The lowest BCUT2D eigenvalue weighted by atomic mass is 10.0. The quantitative estimate of drug-likeness (QED) is 0.457. The van der Waals surface area contributed by atoms with Crippen LogP contribution in [0.25, 0.3) is 21.8 Å². The van der Waals surface area contributed by atoms with Gasteiger partial charge in [0.15, 0.2) is 0 Å². The van der Waals surface area contributed by atoms with E-state index in [1.54, 1.807) is 12.1 Å². The van der Waals surface area contributed by atoms with Gasteiger partial charge in [0, 0.05) is 30.9 Å². The molecule has 1 saturated heterocycles. The first kappa shape index (κ1) is 25.8. The monoisotopic (exact) mass is 547 g/mol. The summed E-state index contributed by atoms with van der Waals surface area (Å²) in [5.74, 6) is 0.151. The van der Waals surface area contributed by atoms with Crippen LogP contribution in [-0.2, 0) is 14.8 Å². The second kappa shape index (κ2) is 9.97. The zero-order chi connectivity index (χ0) is 25.4. The third-order valence-electron chi connectivity index (χ3n) is 5.57. The number of hydrogen-bond acceptors (Lipinski definition) is 8. The van der Waals surface area contributed by atoms with Crippen LogP contribution in [0.1, 0.15) is 41.0 Å². The average Bonchev–Trinajstić information content (AvgIpc) is 3.22. The van der Waals surface area contributed by atoms with Gasteiger partial charge in [0.2, 0.25) is 16.0 Å². The van der Waals surface area contributed by atoms with Crippen molar-refractivity contribution in [2.75, 3.05) is 18.9 Å². The number of nitrogens with two attached hydrogens (primary N) is 2. The number of alkyl halides is 3. The van der Waals surface area contributed by atoms with Gasteiger partial charge in [-0.25, -0.2) is 28.5 Å². The van der Waals surface area contributed by atoms with Crippen molar-refractivity contribution < 1.29 is 26.3 Å². The summed E-state index contributed by atoms with van der Waals surface area (Å²) in [4.78, 5) is 13.5. The standard InChI is InChI=1S/C21H21ClF3N5O3S2/c22-16-12(15(35(27,31)32)10-21(23,24)25)2-1-3-13(16)17-18(14-4-7-28-20(26)29-14)34-19(30-17)11-5-8-33-9-6-11/h1-4,7,11,15H,5-6,8-10H2,(H2,26,28,29)(H2,27,31,32). The molecule has 1 unspecified atom stereocenters. The van der Waals surface area contributed by atoms with Crippen molar-refractivity contribution >= 4 is 38.9 Å². The Morgan fingerprint density at radius 1 is 1.20 bits per heavy atom. The number of nitrogen functional groups attached to an aromatic ring is 1. The fourth-order valence-corrected chi connectivity index (χ4v) is 6.51. The minimum absolute atomic E-state index is 0.0359. The zero-order valence-corrected chi connectivity index (χ0v) is 20.5. The maximum absolute atomic E-state index is 13.2. The summed E-state index contributed by atoms with van der Waals surface area (Å²) < 4.78 is 69.3. The summed E-state index contributed by atoms with van der Waals surface area (Å²) in [6.45, 7) is 1.16. The highest BCUT2D eigenvalue weighted by atomic mass is 35.5. The molecule has 0 bridgehead atoms. The highest BCUT2D eigenvalue weighted by Crippen LogP contribution is 2.45. The first-order valence-electron chi connectivity index (χ1n) is 10.5. The molecule has 0 spiro atoms. The number of sulfonamides is 1. The number of rotatable bonds is 6. The number of thiazole rings is 1. The molecule has 1 aromatic carbocycles. The van der Waals surface area contributed by atoms with E-state index in [1.165, 1.54) is 29.7 Å². The molecule has 3 heterocycles. The maximum atomic E-state index is 13.2. The number of nitrogens with zero attached hydrogens (tertiary/aromatic N) is 3. The minimum Gasteiger partial charge on any atom is -0.381 e. The Morgan fingerprint density at radius 2 is 1.91 bits per heavy atom. The molecule has 2 aromatic heterocycles. The van der Waals surface area contributed by atoms with Crippen molar-refractivity contribution in [3.05, 3.63) is 46.1 Å². The first-order valence-corrected chi connectivity index (χ1v) is 13.3. The Bertz CT molecular complexity index is 1330. The van der Waals surface area contributed by atoms with Crippen LogP contribution in [-0.4, -0.2) is 42.8 Å². The van der Waals surface area contributed by atoms with Crippen molar-refractivity contribution in [2.24, 2.45) is 5.14 Å². The Labute approximate surface area is 208 Å². The predicted octanol–water partition coefficient (Wildman–Crippen LogP) is 4.68. The minimum atomic E-state index is -4.78. The highest BCUT2D eigenvalue weighted by Gasteiger charge is 2.39. The van der Waals surface area contributed by atoms with Gasteiger partial charge in [-0.15, -0.1) is 11.3 Å². The van der Waals surface area contributed by atoms with Crippen LogP contribution in [0.15, 0.2) is 30.5 Å². The molecule has 1 fully saturated rings. The summed E-state index contributed by atoms with van der Waals surface area (Å²) in [7, 11) is -4.63. The van der Waals surface area contributed by atoms with Crippen LogP contribution in [0.4, 0.5) is 19.1 Å². The molecule has 0 aliphatic carbocycles. The molecule has 3 aromatic rings. The fourth-order valence-electron chi connectivity index (χ4n) is 3.91. The molecule has 4 rings (SSSR count). The SMILES string of the molecule is Nc1nccc(-c2sc(C3CCOCC3)nc2-c2cccc(C(CC(F)(F)F)S(N)(=O)=O)c2Cl)n1. The van der Waals surface area contributed by atoms with Gasteiger partial charge in [-0.3, -0.25) is 0 Å². The van der Waals surface area contributed by atoms with Crippen LogP contribution < -0.4 is 10.9 Å². The van der Waals surface area contributed by atoms with E-state index in [1.807, 2.05) is 0 Å². The van der Waals surface area contributed by atoms with E-state index in [2.05, 4.69) is 9.97 Å². The van der Waals surface area contributed by atoms with Gasteiger partial charge in [0.05, 0.1) is 32.7 Å². The van der Waals surface area contributed by atoms with Crippen LogP contribution in [0.5, 0.6) is 0 Å². The van der Waals surface area contributed by atoms with Crippen LogP contribution in [0.2, 0.25) is 5.02 Å². The number of halogens is 4. The lowest BCUT2D eigenvalue weighted by Gasteiger charge is -2.20. The molecule has 35 heavy (non-hydrogen) atoms. The molecule has 4 N–H and O–H groups in total. The Hall–Kier alpha value is -2.32. The average molecular weight is 548 g/mol. The van der Waals surface area contributed by atoms with Gasteiger partial charge >= 0.3 is 6.18 Å². The van der Waals surface area contributed by atoms with E-state index < -0.39 is 27.9 Å². The van der Waals surface area contributed by atoms with Gasteiger partial charge in [0.1, 0.15) is 5.25 Å². The normalized spacial score (nSPS) is 16.4. The Balaban J connectivity index is 1.88. The van der Waals surface area contributed by atoms with Crippen molar-refractivity contribution in [3.8, 4) is 21.8 Å². The molecule has 14 heteroatoms. The molecule has 8 nitrogen and oxygen atoms in total. The van der Waals surface area contributed by atoms with Crippen LogP contribution in [0, 0.1) is 0 Å². The summed E-state index contributed by atoms with van der Waals surface area (Å²) in [6, 6.07) is 5.85. The molecule has 1 aliphatic rings. The number of benzene rings is 1. The second-order valence-corrected chi connectivity index (χ2v) is 11.2. The maximum Gasteiger partial charge on any atom is 0.390 e. The number of anilines is 1. The number of hydrogen-bond donors (Lipinski definition) is 2. The third-order valence-corrected chi connectivity index (χ3v) is 8.44. The smallest absolute Gasteiger partial charge is 0.381 e. The van der Waals surface area contributed by atoms with Crippen LogP contribution in [0.3, 0.4) is 0 Å². The number of primary sulfonamides is 1. The van der Waals surface area contributed by atoms with Crippen molar-refractivity contribution in [1.82, 2.24) is 15.0 Å².